The van der Waals surface area contributed by atoms with Gasteiger partial charge in [0.05, 0.1) is 20.1 Å². The Bertz CT molecular complexity index is 1260. The van der Waals surface area contributed by atoms with Gasteiger partial charge in [0.25, 0.3) is 0 Å². The lowest BCUT2D eigenvalue weighted by atomic mass is 9.98. The smallest absolute Gasteiger partial charge is 0.306 e. The van der Waals surface area contributed by atoms with Gasteiger partial charge < -0.3 is 18.9 Å². The lowest BCUT2D eigenvalue weighted by Gasteiger charge is -2.17. The summed E-state index contributed by atoms with van der Waals surface area (Å²) in [5, 5.41) is 0. The van der Waals surface area contributed by atoms with E-state index in [4.69, 9.17) is 18.9 Å². The number of methoxy groups -OCH3 is 1. The standard InChI is InChI=1S/C26H21BrF2O5/c1-31-25(30)10-14-13-32-23-12-16(3-4-17(14)23)33-22-8-5-18-21(9-7-20(29)26(18)22)34-24-11-15(27)2-6-19(24)28/h2-4,6-7,9,11-12,14,22H,5,8,10,13H2,1H3/t14?,22-/m1/s1. The van der Waals surface area contributed by atoms with Crippen molar-refractivity contribution in [1.29, 1.82) is 0 Å². The van der Waals surface area contributed by atoms with Crippen molar-refractivity contribution < 1.29 is 32.5 Å². The van der Waals surface area contributed by atoms with Crippen LogP contribution in [0.4, 0.5) is 8.78 Å². The SMILES string of the molecule is COC(=O)CC1COc2cc(O[C@@H]3CCc4c(Oc5cc(Br)ccc5F)ccc(F)c43)ccc21. The van der Waals surface area contributed by atoms with Crippen LogP contribution >= 0.6 is 15.9 Å². The van der Waals surface area contributed by atoms with Crippen LogP contribution in [0.15, 0.2) is 53.0 Å². The summed E-state index contributed by atoms with van der Waals surface area (Å²) in [6.07, 6.45) is 0.810. The summed E-state index contributed by atoms with van der Waals surface area (Å²) in [5.74, 6) is 0.393. The van der Waals surface area contributed by atoms with E-state index in [0.717, 1.165) is 5.56 Å². The molecular formula is C26H21BrF2O5. The number of hydrogen-bond donors (Lipinski definition) is 0. The van der Waals surface area contributed by atoms with Gasteiger partial charge in [-0.05, 0) is 49.2 Å². The molecule has 34 heavy (non-hydrogen) atoms. The highest BCUT2D eigenvalue weighted by molar-refractivity contribution is 9.10. The van der Waals surface area contributed by atoms with Crippen LogP contribution in [0.2, 0.25) is 0 Å². The summed E-state index contributed by atoms with van der Waals surface area (Å²) < 4.78 is 52.2. The molecule has 0 spiro atoms. The van der Waals surface area contributed by atoms with Gasteiger partial charge in [-0.1, -0.05) is 22.0 Å². The third-order valence-electron chi connectivity index (χ3n) is 6.14. The number of ether oxygens (including phenoxy) is 4. The molecule has 5 rings (SSSR count). The highest BCUT2D eigenvalue weighted by Gasteiger charge is 2.32. The normalized spacial score (nSPS) is 18.1. The molecule has 0 aromatic heterocycles. The van der Waals surface area contributed by atoms with Gasteiger partial charge in [0.1, 0.15) is 29.2 Å². The minimum Gasteiger partial charge on any atom is -0.492 e. The fourth-order valence-corrected chi connectivity index (χ4v) is 4.82. The van der Waals surface area contributed by atoms with Crippen molar-refractivity contribution >= 4 is 21.9 Å². The molecule has 0 saturated heterocycles. The summed E-state index contributed by atoms with van der Waals surface area (Å²) in [5.41, 5.74) is 2.00. The topological polar surface area (TPSA) is 54.0 Å². The van der Waals surface area contributed by atoms with Crippen LogP contribution in [0.25, 0.3) is 0 Å². The first-order valence-corrected chi connectivity index (χ1v) is 11.7. The Morgan fingerprint density at radius 3 is 2.74 bits per heavy atom. The molecule has 0 bridgehead atoms. The molecule has 0 N–H and O–H groups in total. The Hall–Kier alpha value is -3.13. The first-order chi connectivity index (χ1) is 16.4. The molecule has 0 radical (unpaired) electrons. The molecule has 0 saturated carbocycles. The fourth-order valence-electron chi connectivity index (χ4n) is 4.48. The summed E-state index contributed by atoms with van der Waals surface area (Å²) in [6.45, 7) is 0.391. The van der Waals surface area contributed by atoms with Crippen LogP contribution in [-0.2, 0) is 16.0 Å². The maximum Gasteiger partial charge on any atom is 0.306 e. The van der Waals surface area contributed by atoms with Gasteiger partial charge in [-0.25, -0.2) is 8.78 Å². The molecule has 176 valence electrons. The Morgan fingerprint density at radius 1 is 1.09 bits per heavy atom. The van der Waals surface area contributed by atoms with Crippen LogP contribution in [0.5, 0.6) is 23.0 Å². The molecule has 3 aromatic rings. The summed E-state index contributed by atoms with van der Waals surface area (Å²) >= 11 is 3.31. The number of hydrogen-bond acceptors (Lipinski definition) is 5. The highest BCUT2D eigenvalue weighted by Crippen LogP contribution is 2.44. The quantitative estimate of drug-likeness (QED) is 0.335. The minimum atomic E-state index is -0.517. The maximum atomic E-state index is 14.8. The van der Waals surface area contributed by atoms with Gasteiger partial charge in [0, 0.05) is 33.1 Å². The zero-order chi connectivity index (χ0) is 23.8. The Morgan fingerprint density at radius 2 is 1.91 bits per heavy atom. The molecule has 3 aromatic carbocycles. The molecule has 1 heterocycles. The number of benzene rings is 3. The largest absolute Gasteiger partial charge is 0.492 e. The van der Waals surface area contributed by atoms with Gasteiger partial charge in [0.2, 0.25) is 0 Å². The number of fused-ring (bicyclic) bond motifs is 2. The predicted molar refractivity (Wildman–Crippen MR) is 124 cm³/mol. The second-order valence-corrected chi connectivity index (χ2v) is 9.16. The number of carbonyl (C=O) groups is 1. The first kappa shape index (κ1) is 22.7. The van der Waals surface area contributed by atoms with E-state index in [0.29, 0.717) is 52.3 Å². The number of rotatable bonds is 6. The van der Waals surface area contributed by atoms with Crippen molar-refractivity contribution in [2.75, 3.05) is 13.7 Å². The summed E-state index contributed by atoms with van der Waals surface area (Å²) in [7, 11) is 1.36. The monoisotopic (exact) mass is 530 g/mol. The molecule has 5 nitrogen and oxygen atoms in total. The van der Waals surface area contributed by atoms with E-state index >= 15 is 0 Å². The number of carbonyl (C=O) groups excluding carboxylic acids is 1. The first-order valence-electron chi connectivity index (χ1n) is 10.9. The van der Waals surface area contributed by atoms with Crippen molar-refractivity contribution in [1.82, 2.24) is 0 Å². The van der Waals surface area contributed by atoms with Crippen molar-refractivity contribution in [2.45, 2.75) is 31.3 Å². The molecular weight excluding hydrogens is 510 g/mol. The van der Waals surface area contributed by atoms with E-state index in [1.165, 1.54) is 31.4 Å². The van der Waals surface area contributed by atoms with E-state index in [1.807, 2.05) is 6.07 Å². The van der Waals surface area contributed by atoms with Gasteiger partial charge in [-0.15, -0.1) is 0 Å². The Labute approximate surface area is 203 Å². The van der Waals surface area contributed by atoms with Crippen LogP contribution in [0.3, 0.4) is 0 Å². The van der Waals surface area contributed by atoms with Crippen molar-refractivity contribution in [3.8, 4) is 23.0 Å². The minimum absolute atomic E-state index is 0.0600. The Balaban J connectivity index is 1.37. The summed E-state index contributed by atoms with van der Waals surface area (Å²) in [6, 6.07) is 12.7. The summed E-state index contributed by atoms with van der Waals surface area (Å²) in [4.78, 5) is 11.6. The molecule has 0 amide bonds. The van der Waals surface area contributed by atoms with Crippen LogP contribution in [0.1, 0.15) is 41.6 Å². The number of halogens is 3. The zero-order valence-electron chi connectivity index (χ0n) is 18.3. The van der Waals surface area contributed by atoms with Crippen LogP contribution < -0.4 is 14.2 Å². The second-order valence-electron chi connectivity index (χ2n) is 8.25. The lowest BCUT2D eigenvalue weighted by Crippen LogP contribution is -2.09. The van der Waals surface area contributed by atoms with E-state index in [2.05, 4.69) is 15.9 Å². The van der Waals surface area contributed by atoms with Gasteiger partial charge >= 0.3 is 5.97 Å². The van der Waals surface area contributed by atoms with E-state index < -0.39 is 17.7 Å². The van der Waals surface area contributed by atoms with Crippen LogP contribution in [0, 0.1) is 11.6 Å². The lowest BCUT2D eigenvalue weighted by molar-refractivity contribution is -0.141. The molecule has 2 atom stereocenters. The van der Waals surface area contributed by atoms with Gasteiger partial charge in [-0.3, -0.25) is 4.79 Å². The molecule has 0 fully saturated rings. The van der Waals surface area contributed by atoms with E-state index in [-0.39, 0.29) is 24.1 Å². The molecule has 1 unspecified atom stereocenters. The third-order valence-corrected chi connectivity index (χ3v) is 6.63. The average Bonchev–Trinajstić information content (AvgIpc) is 3.43. The van der Waals surface area contributed by atoms with Crippen molar-refractivity contribution in [3.63, 3.8) is 0 Å². The van der Waals surface area contributed by atoms with Gasteiger partial charge in [-0.2, -0.15) is 0 Å². The number of esters is 1. The highest BCUT2D eigenvalue weighted by atomic mass is 79.9. The molecule has 2 aliphatic rings. The van der Waals surface area contributed by atoms with E-state index in [1.54, 1.807) is 18.2 Å². The fraction of sp³-hybridized carbons (Fsp3) is 0.269. The predicted octanol–water partition coefficient (Wildman–Crippen LogP) is 6.63. The third kappa shape index (κ3) is 4.34. The van der Waals surface area contributed by atoms with Crippen LogP contribution in [-0.4, -0.2) is 19.7 Å². The van der Waals surface area contributed by atoms with Crippen molar-refractivity contribution in [2.24, 2.45) is 0 Å². The molecule has 8 heteroatoms. The maximum absolute atomic E-state index is 14.8. The van der Waals surface area contributed by atoms with E-state index in [9.17, 15) is 13.6 Å². The second kappa shape index (κ2) is 9.25. The molecule has 1 aliphatic heterocycles. The van der Waals surface area contributed by atoms with Gasteiger partial charge in [0.15, 0.2) is 11.6 Å². The molecule has 1 aliphatic carbocycles. The van der Waals surface area contributed by atoms with Crippen molar-refractivity contribution in [3.05, 3.63) is 81.3 Å². The zero-order valence-corrected chi connectivity index (χ0v) is 19.9. The Kier molecular flexibility index (Phi) is 6.16. The average molecular weight is 531 g/mol.